The van der Waals surface area contributed by atoms with Crippen molar-refractivity contribution in [1.29, 1.82) is 0 Å². The van der Waals surface area contributed by atoms with E-state index in [1.807, 2.05) is 6.92 Å². The van der Waals surface area contributed by atoms with Crippen LogP contribution >= 0.6 is 0 Å². The highest BCUT2D eigenvalue weighted by atomic mass is 16.4. The number of nitrogens with zero attached hydrogens (tertiary/aromatic N) is 4. The van der Waals surface area contributed by atoms with Crippen LogP contribution in [0.15, 0.2) is 35.0 Å². The Morgan fingerprint density at radius 1 is 1.42 bits per heavy atom. The van der Waals surface area contributed by atoms with E-state index in [-0.39, 0.29) is 17.4 Å². The molecule has 0 aromatic carbocycles. The number of oxazole rings is 1. The summed E-state index contributed by atoms with van der Waals surface area (Å²) in [4.78, 5) is 19.0. The van der Waals surface area contributed by atoms with Gasteiger partial charge in [0.15, 0.2) is 16.9 Å². The lowest BCUT2D eigenvalue weighted by molar-refractivity contribution is 0.0691. The molecule has 3 heterocycles. The zero-order chi connectivity index (χ0) is 13.4. The Bertz CT molecular complexity index is 733. The van der Waals surface area contributed by atoms with Gasteiger partial charge in [0, 0.05) is 12.4 Å². The molecule has 3 rings (SSSR count). The molecular formula is C12H10N4O3. The smallest absolute Gasteiger partial charge is 0.354 e. The lowest BCUT2D eigenvalue weighted by atomic mass is 10.3. The fourth-order valence-corrected chi connectivity index (χ4v) is 1.76. The van der Waals surface area contributed by atoms with Crippen LogP contribution in [-0.2, 0) is 0 Å². The number of pyridine rings is 1. The van der Waals surface area contributed by atoms with Gasteiger partial charge in [0.2, 0.25) is 5.89 Å². The van der Waals surface area contributed by atoms with Crippen molar-refractivity contribution in [3.63, 3.8) is 0 Å². The van der Waals surface area contributed by atoms with Gasteiger partial charge in [-0.05, 0) is 25.1 Å². The fourth-order valence-electron chi connectivity index (χ4n) is 1.76. The van der Waals surface area contributed by atoms with Gasteiger partial charge < -0.3 is 9.52 Å². The molecule has 0 spiro atoms. The Morgan fingerprint density at radius 2 is 2.26 bits per heavy atom. The number of carbonyl (C=O) groups is 1. The van der Waals surface area contributed by atoms with E-state index < -0.39 is 5.97 Å². The number of aromatic carboxylic acids is 1. The number of rotatable bonds is 3. The van der Waals surface area contributed by atoms with Gasteiger partial charge in [-0.15, -0.1) is 0 Å². The van der Waals surface area contributed by atoms with Crippen molar-refractivity contribution in [3.8, 4) is 0 Å². The fraction of sp³-hybridized carbons (Fsp3) is 0.167. The summed E-state index contributed by atoms with van der Waals surface area (Å²) in [6.07, 6.45) is 3.47. The average molecular weight is 258 g/mol. The lowest BCUT2D eigenvalue weighted by Crippen LogP contribution is -2.07. The van der Waals surface area contributed by atoms with Crippen molar-refractivity contribution in [3.05, 3.63) is 42.2 Å². The van der Waals surface area contributed by atoms with Gasteiger partial charge in [-0.25, -0.2) is 9.78 Å². The van der Waals surface area contributed by atoms with E-state index in [0.29, 0.717) is 11.5 Å². The Kier molecular flexibility index (Phi) is 2.52. The third kappa shape index (κ3) is 1.95. The molecule has 96 valence electrons. The monoisotopic (exact) mass is 258 g/mol. The van der Waals surface area contributed by atoms with E-state index in [1.165, 1.54) is 6.07 Å². The van der Waals surface area contributed by atoms with Gasteiger partial charge >= 0.3 is 5.97 Å². The second kappa shape index (κ2) is 4.20. The van der Waals surface area contributed by atoms with Gasteiger partial charge in [-0.3, -0.25) is 4.68 Å². The van der Waals surface area contributed by atoms with Gasteiger partial charge in [0.25, 0.3) is 0 Å². The van der Waals surface area contributed by atoms with Gasteiger partial charge in [0.1, 0.15) is 6.04 Å². The molecule has 1 N–H and O–H groups in total. The van der Waals surface area contributed by atoms with Crippen LogP contribution in [0.25, 0.3) is 11.2 Å². The van der Waals surface area contributed by atoms with E-state index in [0.717, 1.165) is 0 Å². The summed E-state index contributed by atoms with van der Waals surface area (Å²) >= 11 is 0. The van der Waals surface area contributed by atoms with E-state index in [9.17, 15) is 4.79 Å². The minimum absolute atomic E-state index is 0.0564. The van der Waals surface area contributed by atoms with E-state index in [4.69, 9.17) is 9.52 Å². The molecule has 0 bridgehead atoms. The Labute approximate surface area is 107 Å². The molecule has 0 radical (unpaired) electrons. The Hall–Kier alpha value is -2.70. The number of hydrogen-bond acceptors (Lipinski definition) is 5. The van der Waals surface area contributed by atoms with Crippen LogP contribution in [0.1, 0.15) is 29.3 Å². The summed E-state index contributed by atoms with van der Waals surface area (Å²) in [5.41, 5.74) is 0.687. The minimum Gasteiger partial charge on any atom is -0.477 e. The largest absolute Gasteiger partial charge is 0.477 e. The van der Waals surface area contributed by atoms with Gasteiger partial charge in [0.05, 0.1) is 0 Å². The normalized spacial score (nSPS) is 12.7. The van der Waals surface area contributed by atoms with Crippen LogP contribution in [-0.4, -0.2) is 30.8 Å². The molecule has 0 aliphatic heterocycles. The molecule has 3 aromatic heterocycles. The van der Waals surface area contributed by atoms with Crippen LogP contribution in [0, 0.1) is 0 Å². The minimum atomic E-state index is -1.09. The first-order chi connectivity index (χ1) is 9.15. The van der Waals surface area contributed by atoms with Crippen LogP contribution in [0.4, 0.5) is 0 Å². The average Bonchev–Trinajstić information content (AvgIpc) is 3.06. The molecular weight excluding hydrogens is 248 g/mol. The molecule has 7 nitrogen and oxygen atoms in total. The molecule has 7 heteroatoms. The molecule has 3 aromatic rings. The number of hydrogen-bond donors (Lipinski definition) is 1. The van der Waals surface area contributed by atoms with Crippen LogP contribution in [0.5, 0.6) is 0 Å². The van der Waals surface area contributed by atoms with Crippen molar-refractivity contribution < 1.29 is 14.3 Å². The maximum Gasteiger partial charge on any atom is 0.354 e. The molecule has 0 amide bonds. The summed E-state index contributed by atoms with van der Waals surface area (Å²) in [7, 11) is 0. The first kappa shape index (κ1) is 11.4. The summed E-state index contributed by atoms with van der Waals surface area (Å²) in [5.74, 6) is -0.652. The number of carboxylic acids is 1. The van der Waals surface area contributed by atoms with Gasteiger partial charge in [-0.2, -0.15) is 10.1 Å². The maximum absolute atomic E-state index is 10.8. The maximum atomic E-state index is 10.8. The number of aromatic nitrogens is 4. The second-order valence-electron chi connectivity index (χ2n) is 4.04. The standard InChI is InChI=1S/C12H10N4O3/c1-7(16-6-2-5-13-16)11-15-10-9(19-11)4-3-8(14-10)12(17)18/h2-7H,1H3,(H,17,18). The summed E-state index contributed by atoms with van der Waals surface area (Å²) in [6, 6.07) is 4.56. The molecule has 19 heavy (non-hydrogen) atoms. The van der Waals surface area contributed by atoms with E-state index in [2.05, 4.69) is 15.1 Å². The predicted molar refractivity (Wildman–Crippen MR) is 64.8 cm³/mol. The van der Waals surface area contributed by atoms with Crippen molar-refractivity contribution in [2.75, 3.05) is 0 Å². The number of carboxylic acid groups (broad SMARTS) is 1. The molecule has 0 saturated heterocycles. The van der Waals surface area contributed by atoms with Crippen molar-refractivity contribution in [2.45, 2.75) is 13.0 Å². The quantitative estimate of drug-likeness (QED) is 0.768. The first-order valence-corrected chi connectivity index (χ1v) is 5.65. The SMILES string of the molecule is CC(c1nc2nc(C(=O)O)ccc2o1)n1cccn1. The Morgan fingerprint density at radius 3 is 2.95 bits per heavy atom. The van der Waals surface area contributed by atoms with Crippen molar-refractivity contribution in [1.82, 2.24) is 19.7 Å². The van der Waals surface area contributed by atoms with E-state index in [1.54, 1.807) is 29.2 Å². The van der Waals surface area contributed by atoms with Gasteiger partial charge in [-0.1, -0.05) is 0 Å². The van der Waals surface area contributed by atoms with Crippen LogP contribution in [0.3, 0.4) is 0 Å². The van der Waals surface area contributed by atoms with Crippen molar-refractivity contribution in [2.24, 2.45) is 0 Å². The Balaban J connectivity index is 2.04. The summed E-state index contributed by atoms with van der Waals surface area (Å²) in [5, 5.41) is 13.0. The highest BCUT2D eigenvalue weighted by Gasteiger charge is 2.17. The highest BCUT2D eigenvalue weighted by molar-refractivity contribution is 5.87. The molecule has 0 saturated carbocycles. The lowest BCUT2D eigenvalue weighted by Gasteiger charge is -2.06. The first-order valence-electron chi connectivity index (χ1n) is 5.65. The highest BCUT2D eigenvalue weighted by Crippen LogP contribution is 2.21. The molecule has 0 aliphatic rings. The summed E-state index contributed by atoms with van der Waals surface area (Å²) in [6.45, 7) is 1.88. The molecule has 0 fully saturated rings. The zero-order valence-electron chi connectivity index (χ0n) is 10.0. The molecule has 0 aliphatic carbocycles. The van der Waals surface area contributed by atoms with E-state index >= 15 is 0 Å². The number of fused-ring (bicyclic) bond motifs is 1. The third-order valence-corrected chi connectivity index (χ3v) is 2.77. The third-order valence-electron chi connectivity index (χ3n) is 2.77. The molecule has 1 unspecified atom stereocenters. The topological polar surface area (TPSA) is 94.0 Å². The van der Waals surface area contributed by atoms with Crippen LogP contribution in [0.2, 0.25) is 0 Å². The van der Waals surface area contributed by atoms with Crippen LogP contribution < -0.4 is 0 Å². The second-order valence-corrected chi connectivity index (χ2v) is 4.04. The predicted octanol–water partition coefficient (Wildman–Crippen LogP) is 1.73. The zero-order valence-corrected chi connectivity index (χ0v) is 10.0. The van der Waals surface area contributed by atoms with Crippen molar-refractivity contribution >= 4 is 17.2 Å². The molecule has 1 atom stereocenters. The summed E-state index contributed by atoms with van der Waals surface area (Å²) < 4.78 is 7.26.